The number of nitrogens with zero attached hydrogens (tertiary/aromatic N) is 3. The minimum Gasteiger partial charge on any atom is -0.320 e. The number of thiazole rings is 2. The fraction of sp³-hybridized carbons (Fsp3) is 0.211. The Hall–Kier alpha value is -2.58. The van der Waals surface area contributed by atoms with E-state index in [4.69, 9.17) is 0 Å². The first-order valence-electron chi connectivity index (χ1n) is 8.57. The predicted octanol–water partition coefficient (Wildman–Crippen LogP) is 4.94. The van der Waals surface area contributed by atoms with Gasteiger partial charge in [-0.05, 0) is 48.7 Å². The van der Waals surface area contributed by atoms with Crippen LogP contribution in [0.15, 0.2) is 30.3 Å². The van der Waals surface area contributed by atoms with Gasteiger partial charge in [-0.25, -0.2) is 19.2 Å². The van der Waals surface area contributed by atoms with E-state index in [1.165, 1.54) is 23.5 Å². The molecule has 1 N–H and O–H groups in total. The molecule has 3 heterocycles. The molecule has 4 aromatic rings. The summed E-state index contributed by atoms with van der Waals surface area (Å²) in [6.45, 7) is 2.99. The molecule has 5 rings (SSSR count). The van der Waals surface area contributed by atoms with Gasteiger partial charge in [0.05, 0.1) is 25.4 Å². The number of hydrogen-bond donors (Lipinski definition) is 1. The minimum atomic E-state index is -0.272. The van der Waals surface area contributed by atoms with Crippen LogP contribution in [0.3, 0.4) is 0 Å². The molecule has 0 radical (unpaired) electrons. The zero-order valence-corrected chi connectivity index (χ0v) is 16.1. The van der Waals surface area contributed by atoms with Crippen LogP contribution in [-0.4, -0.2) is 27.4 Å². The van der Waals surface area contributed by atoms with Crippen LogP contribution in [-0.2, 0) is 13.0 Å². The predicted molar refractivity (Wildman–Crippen MR) is 107 cm³/mol. The summed E-state index contributed by atoms with van der Waals surface area (Å²) in [4.78, 5) is 23.4. The third kappa shape index (κ3) is 2.94. The Morgan fingerprint density at radius 1 is 1.11 bits per heavy atom. The van der Waals surface area contributed by atoms with Gasteiger partial charge < -0.3 is 4.90 Å². The van der Waals surface area contributed by atoms with Gasteiger partial charge >= 0.3 is 6.03 Å². The highest BCUT2D eigenvalue weighted by Crippen LogP contribution is 2.36. The Morgan fingerprint density at radius 3 is 2.74 bits per heavy atom. The molecule has 136 valence electrons. The molecule has 2 aromatic heterocycles. The highest BCUT2D eigenvalue weighted by molar-refractivity contribution is 7.28. The molecule has 0 saturated carbocycles. The number of anilines is 1. The largest absolute Gasteiger partial charge is 0.323 e. The van der Waals surface area contributed by atoms with Crippen LogP contribution in [0.4, 0.5) is 14.3 Å². The van der Waals surface area contributed by atoms with Crippen molar-refractivity contribution in [3.05, 3.63) is 52.3 Å². The van der Waals surface area contributed by atoms with Crippen molar-refractivity contribution in [2.75, 3.05) is 11.9 Å². The molecule has 2 amide bonds. The molecule has 8 heteroatoms. The van der Waals surface area contributed by atoms with Crippen LogP contribution in [0.25, 0.3) is 20.4 Å². The summed E-state index contributed by atoms with van der Waals surface area (Å²) in [5, 5.41) is 4.48. The van der Waals surface area contributed by atoms with Crippen LogP contribution in [0.5, 0.6) is 0 Å². The second-order valence-corrected chi connectivity index (χ2v) is 8.73. The molecule has 0 atom stereocenters. The number of fused-ring (bicyclic) bond motifs is 4. The molecule has 1 aliphatic heterocycles. The van der Waals surface area contributed by atoms with Gasteiger partial charge in [-0.2, -0.15) is 0 Å². The van der Waals surface area contributed by atoms with Crippen molar-refractivity contribution in [2.45, 2.75) is 19.9 Å². The number of benzene rings is 2. The van der Waals surface area contributed by atoms with Crippen LogP contribution >= 0.6 is 22.7 Å². The van der Waals surface area contributed by atoms with Crippen LogP contribution in [0, 0.1) is 12.7 Å². The van der Waals surface area contributed by atoms with Gasteiger partial charge in [-0.3, -0.25) is 5.32 Å². The normalized spacial score (nSPS) is 13.9. The number of carbonyl (C=O) groups excluding carboxylic acids is 1. The number of rotatable bonds is 1. The minimum absolute atomic E-state index is 0.208. The van der Waals surface area contributed by atoms with E-state index in [0.29, 0.717) is 18.2 Å². The molecule has 0 spiro atoms. The Balaban J connectivity index is 1.40. The fourth-order valence-electron chi connectivity index (χ4n) is 3.41. The standard InChI is InChI=1S/C19H15FN4OS2/c1-10-21-14-4-5-15-17(16(14)26-10)27-18(22-15)23-19(25)24-7-6-11-2-3-13(20)8-12(11)9-24/h2-5,8H,6-7,9H2,1H3,(H,22,23,25). The summed E-state index contributed by atoms with van der Waals surface area (Å²) in [5.74, 6) is -0.272. The van der Waals surface area contributed by atoms with E-state index in [1.54, 1.807) is 22.3 Å². The third-order valence-corrected chi connectivity index (χ3v) is 6.84. The number of halogens is 1. The van der Waals surface area contributed by atoms with E-state index in [1.807, 2.05) is 19.1 Å². The molecule has 0 bridgehead atoms. The van der Waals surface area contributed by atoms with E-state index in [9.17, 15) is 9.18 Å². The third-order valence-electron chi connectivity index (χ3n) is 4.70. The molecule has 0 saturated heterocycles. The molecule has 0 aliphatic carbocycles. The zero-order valence-electron chi connectivity index (χ0n) is 14.5. The summed E-state index contributed by atoms with van der Waals surface area (Å²) in [7, 11) is 0. The first-order chi connectivity index (χ1) is 13.1. The van der Waals surface area contributed by atoms with Gasteiger partial charge in [0.15, 0.2) is 5.13 Å². The highest BCUT2D eigenvalue weighted by Gasteiger charge is 2.22. The number of urea groups is 1. The molecule has 2 aromatic carbocycles. The van der Waals surface area contributed by atoms with E-state index < -0.39 is 0 Å². The summed E-state index contributed by atoms with van der Waals surface area (Å²) in [6.07, 6.45) is 0.726. The van der Waals surface area contributed by atoms with Crippen molar-refractivity contribution in [3.63, 3.8) is 0 Å². The Morgan fingerprint density at radius 2 is 1.89 bits per heavy atom. The Labute approximate surface area is 162 Å². The first kappa shape index (κ1) is 16.6. The smallest absolute Gasteiger partial charge is 0.320 e. The number of aromatic nitrogens is 2. The van der Waals surface area contributed by atoms with Gasteiger partial charge in [-0.15, -0.1) is 11.3 Å². The number of aryl methyl sites for hydroxylation is 1. The van der Waals surface area contributed by atoms with E-state index >= 15 is 0 Å². The number of amides is 2. The summed E-state index contributed by atoms with van der Waals surface area (Å²) < 4.78 is 15.6. The van der Waals surface area contributed by atoms with E-state index in [2.05, 4.69) is 15.3 Å². The number of carbonyl (C=O) groups is 1. The van der Waals surface area contributed by atoms with Crippen molar-refractivity contribution >= 4 is 54.3 Å². The second kappa shape index (κ2) is 6.24. The molecule has 27 heavy (non-hydrogen) atoms. The molecule has 0 fully saturated rings. The lowest BCUT2D eigenvalue weighted by atomic mass is 10.00. The van der Waals surface area contributed by atoms with Crippen LogP contribution in [0.2, 0.25) is 0 Å². The summed E-state index contributed by atoms with van der Waals surface area (Å²) >= 11 is 3.10. The molecular formula is C19H15FN4OS2. The van der Waals surface area contributed by atoms with Crippen molar-refractivity contribution in [3.8, 4) is 0 Å². The number of nitrogens with one attached hydrogen (secondary N) is 1. The quantitative estimate of drug-likeness (QED) is 0.494. The highest BCUT2D eigenvalue weighted by atomic mass is 32.1. The number of hydrogen-bond acceptors (Lipinski definition) is 5. The monoisotopic (exact) mass is 398 g/mol. The summed E-state index contributed by atoms with van der Waals surface area (Å²) in [6, 6.07) is 8.47. The Bertz CT molecular complexity index is 1200. The van der Waals surface area contributed by atoms with Crippen molar-refractivity contribution in [1.29, 1.82) is 0 Å². The Kier molecular flexibility index (Phi) is 3.84. The molecular weight excluding hydrogens is 383 g/mol. The second-order valence-electron chi connectivity index (χ2n) is 6.53. The molecule has 1 aliphatic rings. The first-order valence-corrected chi connectivity index (χ1v) is 10.2. The van der Waals surface area contributed by atoms with E-state index in [0.717, 1.165) is 43.0 Å². The lowest BCUT2D eigenvalue weighted by molar-refractivity contribution is 0.206. The average Bonchev–Trinajstić information content (AvgIpc) is 3.22. The van der Waals surface area contributed by atoms with E-state index in [-0.39, 0.29) is 11.8 Å². The molecule has 0 unspecified atom stereocenters. The van der Waals surface area contributed by atoms with Crippen molar-refractivity contribution in [1.82, 2.24) is 14.9 Å². The SMILES string of the molecule is Cc1nc2ccc3nc(NC(=O)N4CCc5ccc(F)cc5C4)sc3c2s1. The van der Waals surface area contributed by atoms with Crippen molar-refractivity contribution < 1.29 is 9.18 Å². The van der Waals surface area contributed by atoms with Crippen LogP contribution < -0.4 is 5.32 Å². The fourth-order valence-corrected chi connectivity index (χ4v) is 5.40. The lowest BCUT2D eigenvalue weighted by Crippen LogP contribution is -2.38. The summed E-state index contributed by atoms with van der Waals surface area (Å²) in [5.41, 5.74) is 3.78. The van der Waals surface area contributed by atoms with Crippen molar-refractivity contribution in [2.24, 2.45) is 0 Å². The lowest BCUT2D eigenvalue weighted by Gasteiger charge is -2.28. The zero-order chi connectivity index (χ0) is 18.5. The van der Waals surface area contributed by atoms with Gasteiger partial charge in [0, 0.05) is 13.1 Å². The van der Waals surface area contributed by atoms with Gasteiger partial charge in [0.1, 0.15) is 5.82 Å². The van der Waals surface area contributed by atoms with Gasteiger partial charge in [-0.1, -0.05) is 17.4 Å². The van der Waals surface area contributed by atoms with Gasteiger partial charge in [0.25, 0.3) is 0 Å². The van der Waals surface area contributed by atoms with Crippen LogP contribution in [0.1, 0.15) is 16.1 Å². The van der Waals surface area contributed by atoms with Gasteiger partial charge in [0.2, 0.25) is 0 Å². The maximum atomic E-state index is 13.5. The topological polar surface area (TPSA) is 58.1 Å². The molecule has 5 nitrogen and oxygen atoms in total. The average molecular weight is 398 g/mol. The maximum Gasteiger partial charge on any atom is 0.323 e. The maximum absolute atomic E-state index is 13.5.